The number of phenolic OH excluding ortho intramolecular Hbond substituents is 1. The number of hydrogen-bond donors (Lipinski definition) is 1. The van der Waals surface area contributed by atoms with Crippen molar-refractivity contribution in [2.75, 3.05) is 0 Å². The number of aromatic nitrogens is 2. The van der Waals surface area contributed by atoms with Gasteiger partial charge in [0.1, 0.15) is 11.5 Å². The predicted molar refractivity (Wildman–Crippen MR) is 129 cm³/mol. The third-order valence-electron chi connectivity index (χ3n) is 5.00. The summed E-state index contributed by atoms with van der Waals surface area (Å²) in [5, 5.41) is 27.7. The second kappa shape index (κ2) is 9.63. The summed E-state index contributed by atoms with van der Waals surface area (Å²) < 4.78 is 27.1. The Morgan fingerprint density at radius 1 is 1.15 bits per heavy atom. The topological polar surface area (TPSA) is 92.2 Å². The largest absolute Gasteiger partial charge is 0.506 e. The van der Waals surface area contributed by atoms with Gasteiger partial charge in [-0.3, -0.25) is 0 Å². The predicted octanol–water partition coefficient (Wildman–Crippen LogP) is 7.52. The maximum absolute atomic E-state index is 15.3. The maximum atomic E-state index is 15.3. The SMILES string of the molecule is Cc1cc(C)c(-c2nnc(Cc3ccc(Cl)c(Oc4cc(Cl)cc(C#N)c4)c3F)o2)c(Br)c1O. The molecule has 0 unspecified atom stereocenters. The Morgan fingerprint density at radius 3 is 2.65 bits per heavy atom. The number of halogens is 4. The van der Waals surface area contributed by atoms with Gasteiger partial charge >= 0.3 is 0 Å². The second-order valence-electron chi connectivity index (χ2n) is 7.46. The molecule has 0 saturated carbocycles. The molecule has 4 aromatic rings. The molecule has 3 aromatic carbocycles. The highest BCUT2D eigenvalue weighted by molar-refractivity contribution is 9.10. The average molecular weight is 563 g/mol. The van der Waals surface area contributed by atoms with E-state index >= 15 is 4.39 Å². The Labute approximate surface area is 212 Å². The lowest BCUT2D eigenvalue weighted by Gasteiger charge is -2.12. The number of aromatic hydroxyl groups is 1. The number of rotatable bonds is 5. The summed E-state index contributed by atoms with van der Waals surface area (Å²) >= 11 is 15.5. The Bertz CT molecular complexity index is 1470. The van der Waals surface area contributed by atoms with E-state index in [1.54, 1.807) is 13.0 Å². The summed E-state index contributed by atoms with van der Waals surface area (Å²) in [7, 11) is 0. The number of benzene rings is 3. The highest BCUT2D eigenvalue weighted by Gasteiger charge is 2.21. The van der Waals surface area contributed by atoms with Gasteiger partial charge in [-0.25, -0.2) is 4.39 Å². The smallest absolute Gasteiger partial charge is 0.249 e. The van der Waals surface area contributed by atoms with Crippen LogP contribution in [0.5, 0.6) is 17.2 Å². The third-order valence-corrected chi connectivity index (χ3v) is 6.29. The van der Waals surface area contributed by atoms with Gasteiger partial charge < -0.3 is 14.3 Å². The average Bonchev–Trinajstić information content (AvgIpc) is 3.24. The molecule has 0 spiro atoms. The van der Waals surface area contributed by atoms with Crippen LogP contribution in [0.25, 0.3) is 11.5 Å². The van der Waals surface area contributed by atoms with Gasteiger partial charge in [-0.2, -0.15) is 5.26 Å². The maximum Gasteiger partial charge on any atom is 0.249 e. The summed E-state index contributed by atoms with van der Waals surface area (Å²) in [6.45, 7) is 3.63. The molecular weight excluding hydrogens is 548 g/mol. The van der Waals surface area contributed by atoms with Crippen LogP contribution in [0.15, 0.2) is 45.3 Å². The van der Waals surface area contributed by atoms with E-state index in [4.69, 9.17) is 37.6 Å². The van der Waals surface area contributed by atoms with Crippen LogP contribution in [0.2, 0.25) is 10.0 Å². The number of aryl methyl sites for hydroxylation is 2. The minimum absolute atomic E-state index is 0.0279. The van der Waals surface area contributed by atoms with E-state index in [1.165, 1.54) is 30.3 Å². The van der Waals surface area contributed by atoms with Gasteiger partial charge in [-0.1, -0.05) is 35.3 Å². The molecule has 1 N–H and O–H groups in total. The van der Waals surface area contributed by atoms with Crippen LogP contribution < -0.4 is 4.74 Å². The molecule has 0 amide bonds. The number of hydrogen-bond acceptors (Lipinski definition) is 6. The minimum Gasteiger partial charge on any atom is -0.506 e. The van der Waals surface area contributed by atoms with Crippen molar-refractivity contribution >= 4 is 39.1 Å². The Hall–Kier alpha value is -3.12. The van der Waals surface area contributed by atoms with Gasteiger partial charge in [-0.05, 0) is 65.2 Å². The van der Waals surface area contributed by atoms with E-state index in [2.05, 4.69) is 26.1 Å². The van der Waals surface area contributed by atoms with E-state index in [-0.39, 0.29) is 56.6 Å². The van der Waals surface area contributed by atoms with E-state index in [0.717, 1.165) is 5.56 Å². The molecule has 0 atom stereocenters. The Morgan fingerprint density at radius 2 is 1.91 bits per heavy atom. The van der Waals surface area contributed by atoms with Crippen LogP contribution in [0.4, 0.5) is 4.39 Å². The molecule has 1 aromatic heterocycles. The normalized spacial score (nSPS) is 10.9. The van der Waals surface area contributed by atoms with Crippen molar-refractivity contribution in [3.05, 3.63) is 84.9 Å². The zero-order chi connectivity index (χ0) is 24.6. The third kappa shape index (κ3) is 4.73. The number of nitrogens with zero attached hydrogens (tertiary/aromatic N) is 3. The molecule has 0 radical (unpaired) electrons. The number of ether oxygens (including phenoxy) is 1. The summed E-state index contributed by atoms with van der Waals surface area (Å²) in [4.78, 5) is 0. The summed E-state index contributed by atoms with van der Waals surface area (Å²) in [6.07, 6.45) is -0.0279. The van der Waals surface area contributed by atoms with Gasteiger partial charge in [0.15, 0.2) is 11.6 Å². The van der Waals surface area contributed by atoms with Crippen molar-refractivity contribution in [1.29, 1.82) is 5.26 Å². The number of phenols is 1. The summed E-state index contributed by atoms with van der Waals surface area (Å²) in [5.74, 6) is -0.345. The standard InChI is InChI=1S/C24H15BrCl2FN3O3/c1-11-5-12(2)22(32)20(25)19(11)24-31-30-18(34-24)8-14-3-4-17(27)23(21(14)28)33-16-7-13(10-29)6-15(26)9-16/h3-7,9,32H,8H2,1-2H3. The van der Waals surface area contributed by atoms with Gasteiger partial charge in [0, 0.05) is 10.6 Å². The molecule has 0 saturated heterocycles. The Kier molecular flexibility index (Phi) is 6.80. The molecule has 0 aliphatic heterocycles. The van der Waals surface area contributed by atoms with Crippen molar-refractivity contribution in [3.8, 4) is 34.8 Å². The van der Waals surface area contributed by atoms with Crippen LogP contribution >= 0.6 is 39.1 Å². The van der Waals surface area contributed by atoms with Crippen LogP contribution in [0.3, 0.4) is 0 Å². The number of nitriles is 1. The van der Waals surface area contributed by atoms with Crippen molar-refractivity contribution in [2.24, 2.45) is 0 Å². The molecule has 1 heterocycles. The first-order valence-electron chi connectivity index (χ1n) is 9.84. The van der Waals surface area contributed by atoms with Gasteiger partial charge in [0.25, 0.3) is 0 Å². The molecule has 0 bridgehead atoms. The summed E-state index contributed by atoms with van der Waals surface area (Å²) in [6, 6.07) is 11.1. The lowest BCUT2D eigenvalue weighted by molar-refractivity contribution is 0.437. The van der Waals surface area contributed by atoms with Crippen molar-refractivity contribution in [3.63, 3.8) is 0 Å². The quantitative estimate of drug-likeness (QED) is 0.270. The fourth-order valence-corrected chi connectivity index (χ4v) is 4.59. The lowest BCUT2D eigenvalue weighted by Crippen LogP contribution is -1.98. The first-order chi connectivity index (χ1) is 16.2. The fourth-order valence-electron chi connectivity index (χ4n) is 3.39. The molecule has 0 aliphatic rings. The highest BCUT2D eigenvalue weighted by Crippen LogP contribution is 2.40. The van der Waals surface area contributed by atoms with Crippen LogP contribution in [0, 0.1) is 31.0 Å². The monoisotopic (exact) mass is 561 g/mol. The molecule has 10 heteroatoms. The van der Waals surface area contributed by atoms with E-state index in [1.807, 2.05) is 13.0 Å². The van der Waals surface area contributed by atoms with E-state index < -0.39 is 5.82 Å². The van der Waals surface area contributed by atoms with E-state index in [9.17, 15) is 5.11 Å². The Balaban J connectivity index is 1.65. The first-order valence-corrected chi connectivity index (χ1v) is 11.4. The fraction of sp³-hybridized carbons (Fsp3) is 0.125. The molecule has 4 rings (SSSR count). The van der Waals surface area contributed by atoms with E-state index in [0.29, 0.717) is 15.6 Å². The molecule has 34 heavy (non-hydrogen) atoms. The first kappa shape index (κ1) is 24.0. The lowest BCUT2D eigenvalue weighted by atomic mass is 10.0. The van der Waals surface area contributed by atoms with Gasteiger partial charge in [-0.15, -0.1) is 10.2 Å². The van der Waals surface area contributed by atoms with Gasteiger partial charge in [0.2, 0.25) is 11.8 Å². The van der Waals surface area contributed by atoms with Crippen LogP contribution in [-0.2, 0) is 6.42 Å². The van der Waals surface area contributed by atoms with Crippen LogP contribution in [-0.4, -0.2) is 15.3 Å². The van der Waals surface area contributed by atoms with Crippen molar-refractivity contribution < 1.29 is 18.7 Å². The molecule has 0 aliphatic carbocycles. The van der Waals surface area contributed by atoms with Crippen LogP contribution in [0.1, 0.15) is 28.1 Å². The molecule has 0 fully saturated rings. The van der Waals surface area contributed by atoms with Gasteiger partial charge in [0.05, 0.1) is 33.1 Å². The zero-order valence-electron chi connectivity index (χ0n) is 17.8. The van der Waals surface area contributed by atoms with Crippen molar-refractivity contribution in [1.82, 2.24) is 10.2 Å². The zero-order valence-corrected chi connectivity index (χ0v) is 20.9. The minimum atomic E-state index is -0.712. The van der Waals surface area contributed by atoms with Crippen molar-refractivity contribution in [2.45, 2.75) is 20.3 Å². The second-order valence-corrected chi connectivity index (χ2v) is 9.10. The molecule has 172 valence electrons. The highest BCUT2D eigenvalue weighted by atomic mass is 79.9. The molecule has 6 nitrogen and oxygen atoms in total. The molecular formula is C24H15BrCl2FN3O3. The summed E-state index contributed by atoms with van der Waals surface area (Å²) in [5.41, 5.74) is 2.54.